The summed E-state index contributed by atoms with van der Waals surface area (Å²) in [4.78, 5) is 15.2. The average molecular weight is 258 g/mol. The number of rotatable bonds is 4. The predicted octanol–water partition coefficient (Wildman–Crippen LogP) is 2.84. The van der Waals surface area contributed by atoms with Gasteiger partial charge in [-0.1, -0.05) is 0 Å². The van der Waals surface area contributed by atoms with E-state index in [-0.39, 0.29) is 5.56 Å². The zero-order chi connectivity index (χ0) is 13.8. The van der Waals surface area contributed by atoms with Gasteiger partial charge in [-0.25, -0.2) is 9.78 Å². The monoisotopic (exact) mass is 258 g/mol. The lowest BCUT2D eigenvalue weighted by molar-refractivity contribution is 0.0696. The quantitative estimate of drug-likeness (QED) is 0.882. The summed E-state index contributed by atoms with van der Waals surface area (Å²) in [6.45, 7) is 1.76. The number of aromatic nitrogens is 1. The van der Waals surface area contributed by atoms with E-state index in [9.17, 15) is 4.79 Å². The van der Waals surface area contributed by atoms with E-state index in [4.69, 9.17) is 9.84 Å². The summed E-state index contributed by atoms with van der Waals surface area (Å²) in [6, 6.07) is 10.3. The van der Waals surface area contributed by atoms with E-state index in [1.807, 2.05) is 24.3 Å². The largest absolute Gasteiger partial charge is 0.497 e. The molecular formula is C14H14N2O3. The van der Waals surface area contributed by atoms with Crippen LogP contribution in [0.5, 0.6) is 5.75 Å². The van der Waals surface area contributed by atoms with Gasteiger partial charge in [0.05, 0.1) is 12.7 Å². The van der Waals surface area contributed by atoms with Gasteiger partial charge in [0.15, 0.2) is 0 Å². The molecule has 0 bridgehead atoms. The topological polar surface area (TPSA) is 71.5 Å². The molecule has 1 heterocycles. The van der Waals surface area contributed by atoms with Crippen LogP contribution in [-0.2, 0) is 0 Å². The van der Waals surface area contributed by atoms with Gasteiger partial charge in [-0.3, -0.25) is 0 Å². The predicted molar refractivity (Wildman–Crippen MR) is 72.2 cm³/mol. The van der Waals surface area contributed by atoms with Crippen molar-refractivity contribution in [1.82, 2.24) is 4.98 Å². The van der Waals surface area contributed by atoms with E-state index in [0.29, 0.717) is 11.5 Å². The highest BCUT2D eigenvalue weighted by molar-refractivity contribution is 5.88. The van der Waals surface area contributed by atoms with Crippen molar-refractivity contribution >= 4 is 17.5 Å². The second-order valence-corrected chi connectivity index (χ2v) is 4.04. The molecule has 5 heteroatoms. The van der Waals surface area contributed by atoms with E-state index in [2.05, 4.69) is 10.3 Å². The van der Waals surface area contributed by atoms with Gasteiger partial charge in [0.25, 0.3) is 0 Å². The summed E-state index contributed by atoms with van der Waals surface area (Å²) in [5.41, 5.74) is 1.68. The molecule has 0 spiro atoms. The molecule has 0 aliphatic rings. The Balaban J connectivity index is 2.24. The molecule has 0 aliphatic heterocycles. The van der Waals surface area contributed by atoms with Crippen LogP contribution in [0.15, 0.2) is 36.4 Å². The third-order valence-corrected chi connectivity index (χ3v) is 2.56. The van der Waals surface area contributed by atoms with Crippen molar-refractivity contribution < 1.29 is 14.6 Å². The maximum Gasteiger partial charge on any atom is 0.335 e. The van der Waals surface area contributed by atoms with Crippen molar-refractivity contribution in [1.29, 1.82) is 0 Å². The van der Waals surface area contributed by atoms with E-state index >= 15 is 0 Å². The van der Waals surface area contributed by atoms with Crippen molar-refractivity contribution in [3.05, 3.63) is 47.7 Å². The van der Waals surface area contributed by atoms with E-state index in [1.165, 1.54) is 12.1 Å². The first-order chi connectivity index (χ1) is 9.08. The molecule has 5 nitrogen and oxygen atoms in total. The van der Waals surface area contributed by atoms with Crippen LogP contribution < -0.4 is 10.1 Å². The standard InChI is InChI=1S/C14H14N2O3/c1-9-7-10(14(17)18)8-13(15-9)16-11-3-5-12(19-2)6-4-11/h3-8H,1-2H3,(H,15,16)(H,17,18). The summed E-state index contributed by atoms with van der Waals surface area (Å²) in [5, 5.41) is 12.1. The smallest absolute Gasteiger partial charge is 0.335 e. The Morgan fingerprint density at radius 1 is 1.26 bits per heavy atom. The molecule has 98 valence electrons. The fraction of sp³-hybridized carbons (Fsp3) is 0.143. The third-order valence-electron chi connectivity index (χ3n) is 2.56. The van der Waals surface area contributed by atoms with Crippen LogP contribution in [0.1, 0.15) is 16.1 Å². The molecular weight excluding hydrogens is 244 g/mol. The Morgan fingerprint density at radius 2 is 1.95 bits per heavy atom. The molecule has 0 amide bonds. The number of pyridine rings is 1. The molecule has 0 saturated heterocycles. The lowest BCUT2D eigenvalue weighted by Crippen LogP contribution is -2.02. The van der Waals surface area contributed by atoms with Gasteiger partial charge in [0.2, 0.25) is 0 Å². The zero-order valence-corrected chi connectivity index (χ0v) is 10.7. The number of methoxy groups -OCH3 is 1. The summed E-state index contributed by atoms with van der Waals surface area (Å²) < 4.78 is 5.07. The number of hydrogen-bond donors (Lipinski definition) is 2. The maximum atomic E-state index is 11.0. The Bertz CT molecular complexity index is 594. The minimum atomic E-state index is -0.969. The normalized spacial score (nSPS) is 10.0. The zero-order valence-electron chi connectivity index (χ0n) is 10.7. The highest BCUT2D eigenvalue weighted by Crippen LogP contribution is 2.19. The molecule has 2 aromatic rings. The molecule has 1 aromatic carbocycles. The number of carboxylic acids is 1. The van der Waals surface area contributed by atoms with Crippen molar-refractivity contribution in [2.24, 2.45) is 0 Å². The first kappa shape index (κ1) is 12.9. The van der Waals surface area contributed by atoms with E-state index in [1.54, 1.807) is 14.0 Å². The number of nitrogens with zero attached hydrogens (tertiary/aromatic N) is 1. The van der Waals surface area contributed by atoms with Crippen LogP contribution in [0.2, 0.25) is 0 Å². The number of aromatic carboxylic acids is 1. The van der Waals surface area contributed by atoms with Crippen molar-refractivity contribution in [2.75, 3.05) is 12.4 Å². The Hall–Kier alpha value is -2.56. The first-order valence-corrected chi connectivity index (χ1v) is 5.71. The lowest BCUT2D eigenvalue weighted by Gasteiger charge is -2.08. The van der Waals surface area contributed by atoms with Crippen LogP contribution in [-0.4, -0.2) is 23.2 Å². The van der Waals surface area contributed by atoms with Gasteiger partial charge in [-0.05, 0) is 43.3 Å². The molecule has 1 aromatic heterocycles. The van der Waals surface area contributed by atoms with E-state index in [0.717, 1.165) is 11.4 Å². The fourth-order valence-corrected chi connectivity index (χ4v) is 1.68. The van der Waals surface area contributed by atoms with Crippen molar-refractivity contribution in [2.45, 2.75) is 6.92 Å². The molecule has 0 radical (unpaired) electrons. The molecule has 0 unspecified atom stereocenters. The highest BCUT2D eigenvalue weighted by atomic mass is 16.5. The summed E-state index contributed by atoms with van der Waals surface area (Å²) in [5.74, 6) is 0.292. The number of carbonyl (C=O) groups is 1. The minimum Gasteiger partial charge on any atom is -0.497 e. The Labute approximate surface area is 110 Å². The summed E-state index contributed by atoms with van der Waals surface area (Å²) >= 11 is 0. The number of benzene rings is 1. The first-order valence-electron chi connectivity index (χ1n) is 5.71. The van der Waals surface area contributed by atoms with Crippen LogP contribution in [0.3, 0.4) is 0 Å². The number of aryl methyl sites for hydroxylation is 1. The third kappa shape index (κ3) is 3.22. The molecule has 0 aliphatic carbocycles. The Kier molecular flexibility index (Phi) is 3.66. The average Bonchev–Trinajstić information content (AvgIpc) is 2.39. The molecule has 0 atom stereocenters. The molecule has 19 heavy (non-hydrogen) atoms. The number of hydrogen-bond acceptors (Lipinski definition) is 4. The highest BCUT2D eigenvalue weighted by Gasteiger charge is 2.06. The number of carboxylic acid groups (broad SMARTS) is 1. The maximum absolute atomic E-state index is 11.0. The van der Waals surface area contributed by atoms with Crippen LogP contribution in [0.25, 0.3) is 0 Å². The SMILES string of the molecule is COc1ccc(Nc2cc(C(=O)O)cc(C)n2)cc1. The fourth-order valence-electron chi connectivity index (χ4n) is 1.68. The molecule has 0 saturated carbocycles. The van der Waals surface area contributed by atoms with Gasteiger partial charge in [0, 0.05) is 11.4 Å². The number of nitrogens with one attached hydrogen (secondary N) is 1. The van der Waals surface area contributed by atoms with E-state index < -0.39 is 5.97 Å². The second-order valence-electron chi connectivity index (χ2n) is 4.04. The van der Waals surface area contributed by atoms with Gasteiger partial charge in [-0.15, -0.1) is 0 Å². The molecule has 0 fully saturated rings. The number of anilines is 2. The van der Waals surface area contributed by atoms with Gasteiger partial charge < -0.3 is 15.2 Å². The van der Waals surface area contributed by atoms with Crippen molar-refractivity contribution in [3.63, 3.8) is 0 Å². The lowest BCUT2D eigenvalue weighted by atomic mass is 10.2. The van der Waals surface area contributed by atoms with Gasteiger partial charge in [-0.2, -0.15) is 0 Å². The van der Waals surface area contributed by atoms with Crippen LogP contribution in [0, 0.1) is 6.92 Å². The summed E-state index contributed by atoms with van der Waals surface area (Å²) in [6.07, 6.45) is 0. The van der Waals surface area contributed by atoms with Crippen LogP contribution in [0.4, 0.5) is 11.5 Å². The Morgan fingerprint density at radius 3 is 2.53 bits per heavy atom. The van der Waals surface area contributed by atoms with Gasteiger partial charge in [0.1, 0.15) is 11.6 Å². The molecule has 2 N–H and O–H groups in total. The minimum absolute atomic E-state index is 0.212. The second kappa shape index (κ2) is 5.39. The van der Waals surface area contributed by atoms with Crippen LogP contribution >= 0.6 is 0 Å². The summed E-state index contributed by atoms with van der Waals surface area (Å²) in [7, 11) is 1.60. The number of ether oxygens (including phenoxy) is 1. The molecule has 2 rings (SSSR count). The van der Waals surface area contributed by atoms with Crippen molar-refractivity contribution in [3.8, 4) is 5.75 Å². The van der Waals surface area contributed by atoms with Gasteiger partial charge >= 0.3 is 5.97 Å².